The zero-order valence-corrected chi connectivity index (χ0v) is 12.7. The lowest BCUT2D eigenvalue weighted by atomic mass is 10.0. The van der Waals surface area contributed by atoms with E-state index in [-0.39, 0.29) is 18.7 Å². The molecule has 0 radical (unpaired) electrons. The molecule has 23 heavy (non-hydrogen) atoms. The minimum Gasteiger partial charge on any atom is -0.467 e. The van der Waals surface area contributed by atoms with Crippen molar-refractivity contribution in [3.8, 4) is 11.5 Å². The molecule has 2 N–H and O–H groups in total. The minimum absolute atomic E-state index is 0.0198. The molecule has 2 aliphatic heterocycles. The maximum Gasteiger partial charge on any atom is 0.257 e. The number of hydrogen-bond donors (Lipinski definition) is 1. The van der Waals surface area contributed by atoms with Crippen LogP contribution in [0, 0.1) is 0 Å². The molecule has 6 heteroatoms. The molecular weight excluding hydrogens is 296 g/mol. The van der Waals surface area contributed by atoms with Gasteiger partial charge in [-0.1, -0.05) is 6.07 Å². The molecule has 2 aliphatic rings. The molecule has 6 nitrogen and oxygen atoms in total. The second kappa shape index (κ2) is 5.62. The average Bonchev–Trinajstić information content (AvgIpc) is 3.32. The molecule has 2 aromatic rings. The quantitative estimate of drug-likeness (QED) is 0.941. The fourth-order valence-electron chi connectivity index (χ4n) is 3.24. The van der Waals surface area contributed by atoms with Crippen molar-refractivity contribution >= 4 is 5.91 Å². The zero-order valence-electron chi connectivity index (χ0n) is 12.7. The number of benzene rings is 1. The van der Waals surface area contributed by atoms with Crippen molar-refractivity contribution in [2.45, 2.75) is 25.4 Å². The number of nitrogens with zero attached hydrogens (tertiary/aromatic N) is 1. The van der Waals surface area contributed by atoms with E-state index in [9.17, 15) is 4.79 Å². The molecule has 1 atom stereocenters. The Bertz CT molecular complexity index is 740. The lowest BCUT2D eigenvalue weighted by molar-refractivity contribution is 0.0734. The standard InChI is InChI=1S/C17H18N2O4/c18-8-13-6-12(9-21-13)17(20)19-5-1-2-14(19)11-3-4-15-16(7-11)23-10-22-15/h3-4,6-7,9,14H,1-2,5,8,10,18H2. The second-order valence-corrected chi connectivity index (χ2v) is 5.78. The number of hydrogen-bond acceptors (Lipinski definition) is 5. The largest absolute Gasteiger partial charge is 0.467 e. The minimum atomic E-state index is -0.0198. The Kier molecular flexibility index (Phi) is 3.46. The molecule has 1 saturated heterocycles. The van der Waals surface area contributed by atoms with E-state index in [4.69, 9.17) is 19.6 Å². The third kappa shape index (κ3) is 2.45. The van der Waals surface area contributed by atoms with Gasteiger partial charge < -0.3 is 24.5 Å². The Labute approximate surface area is 133 Å². The molecule has 1 aromatic heterocycles. The average molecular weight is 314 g/mol. The van der Waals surface area contributed by atoms with Crippen molar-refractivity contribution in [2.24, 2.45) is 5.73 Å². The number of ether oxygens (including phenoxy) is 2. The Morgan fingerprint density at radius 2 is 2.13 bits per heavy atom. The number of carbonyl (C=O) groups is 1. The number of likely N-dealkylation sites (tertiary alicyclic amines) is 1. The van der Waals surface area contributed by atoms with E-state index in [1.54, 1.807) is 6.07 Å². The Morgan fingerprint density at radius 1 is 1.26 bits per heavy atom. The first-order chi connectivity index (χ1) is 11.3. The van der Waals surface area contributed by atoms with Crippen LogP contribution in [-0.4, -0.2) is 24.1 Å². The highest BCUT2D eigenvalue weighted by atomic mass is 16.7. The molecule has 1 amide bonds. The zero-order chi connectivity index (χ0) is 15.8. The summed E-state index contributed by atoms with van der Waals surface area (Å²) >= 11 is 0. The van der Waals surface area contributed by atoms with Crippen molar-refractivity contribution in [2.75, 3.05) is 13.3 Å². The highest BCUT2D eigenvalue weighted by molar-refractivity contribution is 5.94. The lowest BCUT2D eigenvalue weighted by Gasteiger charge is -2.24. The van der Waals surface area contributed by atoms with Gasteiger partial charge in [-0.25, -0.2) is 0 Å². The van der Waals surface area contributed by atoms with E-state index < -0.39 is 0 Å². The number of carbonyl (C=O) groups excluding carboxylic acids is 1. The summed E-state index contributed by atoms with van der Waals surface area (Å²) in [6.07, 6.45) is 3.40. The molecule has 4 rings (SSSR count). The highest BCUT2D eigenvalue weighted by Gasteiger charge is 2.32. The molecule has 0 spiro atoms. The van der Waals surface area contributed by atoms with Gasteiger partial charge in [-0.3, -0.25) is 4.79 Å². The van der Waals surface area contributed by atoms with Crippen LogP contribution in [0.1, 0.15) is 40.6 Å². The highest BCUT2D eigenvalue weighted by Crippen LogP contribution is 2.39. The van der Waals surface area contributed by atoms with Gasteiger partial charge in [0.05, 0.1) is 18.2 Å². The van der Waals surface area contributed by atoms with Gasteiger partial charge in [-0.05, 0) is 36.6 Å². The van der Waals surface area contributed by atoms with Gasteiger partial charge >= 0.3 is 0 Å². The van der Waals surface area contributed by atoms with E-state index >= 15 is 0 Å². The summed E-state index contributed by atoms with van der Waals surface area (Å²) in [6, 6.07) is 7.65. The van der Waals surface area contributed by atoms with Crippen LogP contribution >= 0.6 is 0 Å². The maximum atomic E-state index is 12.8. The van der Waals surface area contributed by atoms with Gasteiger partial charge in [0.15, 0.2) is 11.5 Å². The summed E-state index contributed by atoms with van der Waals surface area (Å²) < 4.78 is 16.1. The van der Waals surface area contributed by atoms with Gasteiger partial charge in [-0.2, -0.15) is 0 Å². The molecular formula is C17H18N2O4. The number of nitrogens with two attached hydrogens (primary N) is 1. The summed E-state index contributed by atoms with van der Waals surface area (Å²) in [6.45, 7) is 1.28. The fourth-order valence-corrected chi connectivity index (χ4v) is 3.24. The molecule has 120 valence electrons. The smallest absolute Gasteiger partial charge is 0.257 e. The molecule has 0 saturated carbocycles. The summed E-state index contributed by atoms with van der Waals surface area (Å²) in [5.74, 6) is 2.10. The van der Waals surface area contributed by atoms with Gasteiger partial charge in [0.2, 0.25) is 6.79 Å². The van der Waals surface area contributed by atoms with Crippen LogP contribution in [0.3, 0.4) is 0 Å². The predicted octanol–water partition coefficient (Wildman–Crippen LogP) is 2.44. The summed E-state index contributed by atoms with van der Waals surface area (Å²) in [5, 5.41) is 0. The molecule has 1 unspecified atom stereocenters. The van der Waals surface area contributed by atoms with Gasteiger partial charge in [0.1, 0.15) is 12.0 Å². The Hall–Kier alpha value is -2.47. The molecule has 1 fully saturated rings. The van der Waals surface area contributed by atoms with Crippen molar-refractivity contribution in [1.29, 1.82) is 0 Å². The Balaban J connectivity index is 1.60. The second-order valence-electron chi connectivity index (χ2n) is 5.78. The van der Waals surface area contributed by atoms with Crippen molar-refractivity contribution in [1.82, 2.24) is 4.90 Å². The van der Waals surface area contributed by atoms with Crippen LogP contribution in [0.4, 0.5) is 0 Å². The molecule has 1 aromatic carbocycles. The summed E-state index contributed by atoms with van der Waals surface area (Å²) in [4.78, 5) is 14.7. The number of amides is 1. The van der Waals surface area contributed by atoms with Crippen LogP contribution in [-0.2, 0) is 6.54 Å². The third-order valence-corrected chi connectivity index (χ3v) is 4.40. The number of furan rings is 1. The van der Waals surface area contributed by atoms with Crippen LogP contribution in [0.25, 0.3) is 0 Å². The maximum absolute atomic E-state index is 12.8. The van der Waals surface area contributed by atoms with Crippen molar-refractivity contribution in [3.63, 3.8) is 0 Å². The first-order valence-electron chi connectivity index (χ1n) is 7.74. The van der Waals surface area contributed by atoms with E-state index in [0.29, 0.717) is 17.9 Å². The van der Waals surface area contributed by atoms with Crippen LogP contribution < -0.4 is 15.2 Å². The first-order valence-corrected chi connectivity index (χ1v) is 7.74. The van der Waals surface area contributed by atoms with Crippen molar-refractivity contribution in [3.05, 3.63) is 47.4 Å². The number of fused-ring (bicyclic) bond motifs is 1. The van der Waals surface area contributed by atoms with Crippen LogP contribution in [0.5, 0.6) is 11.5 Å². The summed E-state index contributed by atoms with van der Waals surface area (Å²) in [7, 11) is 0. The van der Waals surface area contributed by atoms with Gasteiger partial charge in [0.25, 0.3) is 5.91 Å². The SMILES string of the molecule is NCc1cc(C(=O)N2CCCC2c2ccc3c(c2)OCO3)co1. The topological polar surface area (TPSA) is 77.9 Å². The normalized spacial score (nSPS) is 19.3. The first kappa shape index (κ1) is 14.1. The van der Waals surface area contributed by atoms with Gasteiger partial charge in [-0.15, -0.1) is 0 Å². The Morgan fingerprint density at radius 3 is 2.96 bits per heavy atom. The van der Waals surface area contributed by atoms with E-state index in [0.717, 1.165) is 36.4 Å². The summed E-state index contributed by atoms with van der Waals surface area (Å²) in [5.41, 5.74) is 7.17. The molecule has 3 heterocycles. The van der Waals surface area contributed by atoms with E-state index in [2.05, 4.69) is 0 Å². The van der Waals surface area contributed by atoms with E-state index in [1.807, 2.05) is 23.1 Å². The van der Waals surface area contributed by atoms with Crippen molar-refractivity contribution < 1.29 is 18.7 Å². The third-order valence-electron chi connectivity index (χ3n) is 4.40. The van der Waals surface area contributed by atoms with Crippen LogP contribution in [0.2, 0.25) is 0 Å². The number of rotatable bonds is 3. The van der Waals surface area contributed by atoms with E-state index in [1.165, 1.54) is 6.26 Å². The molecule has 0 bridgehead atoms. The predicted molar refractivity (Wildman–Crippen MR) is 82.2 cm³/mol. The molecule has 0 aliphatic carbocycles. The lowest BCUT2D eigenvalue weighted by Crippen LogP contribution is -2.30. The fraction of sp³-hybridized carbons (Fsp3) is 0.353. The van der Waals surface area contributed by atoms with Gasteiger partial charge in [0, 0.05) is 6.54 Å². The monoisotopic (exact) mass is 314 g/mol. The van der Waals surface area contributed by atoms with Crippen LogP contribution in [0.15, 0.2) is 34.9 Å².